The first-order valence-electron chi connectivity index (χ1n) is 6.04. The Bertz CT molecular complexity index is 346. The largest absolute Gasteiger partial charge is 0.396 e. The predicted molar refractivity (Wildman–Crippen MR) is 68.8 cm³/mol. The SMILES string of the molecule is Cc1ccc(CCC(=O)N(C)CCCO)cc1. The van der Waals surface area contributed by atoms with Crippen LogP contribution < -0.4 is 0 Å². The fourth-order valence-electron chi connectivity index (χ4n) is 1.63. The molecule has 0 saturated carbocycles. The van der Waals surface area contributed by atoms with Gasteiger partial charge in [0.25, 0.3) is 0 Å². The molecule has 3 heteroatoms. The lowest BCUT2D eigenvalue weighted by molar-refractivity contribution is -0.129. The number of aliphatic hydroxyl groups is 1. The standard InChI is InChI=1S/C14H21NO2/c1-12-4-6-13(7-5-12)8-9-14(17)15(2)10-3-11-16/h4-7,16H,3,8-11H2,1-2H3. The molecule has 1 amide bonds. The van der Waals surface area contributed by atoms with Gasteiger partial charge in [-0.1, -0.05) is 29.8 Å². The van der Waals surface area contributed by atoms with E-state index in [1.54, 1.807) is 11.9 Å². The number of rotatable bonds is 6. The van der Waals surface area contributed by atoms with E-state index < -0.39 is 0 Å². The average molecular weight is 235 g/mol. The van der Waals surface area contributed by atoms with E-state index in [1.807, 2.05) is 0 Å². The molecule has 0 bridgehead atoms. The summed E-state index contributed by atoms with van der Waals surface area (Å²) < 4.78 is 0. The maximum absolute atomic E-state index is 11.7. The third kappa shape index (κ3) is 5.00. The van der Waals surface area contributed by atoms with Crippen LogP contribution in [0.25, 0.3) is 0 Å². The van der Waals surface area contributed by atoms with Gasteiger partial charge in [-0.15, -0.1) is 0 Å². The zero-order valence-corrected chi connectivity index (χ0v) is 10.6. The van der Waals surface area contributed by atoms with Gasteiger partial charge < -0.3 is 10.0 Å². The molecule has 1 aromatic carbocycles. The summed E-state index contributed by atoms with van der Waals surface area (Å²) in [6.45, 7) is 2.82. The Hall–Kier alpha value is -1.35. The Balaban J connectivity index is 2.34. The van der Waals surface area contributed by atoms with Crippen molar-refractivity contribution in [2.75, 3.05) is 20.2 Å². The van der Waals surface area contributed by atoms with E-state index in [9.17, 15) is 4.79 Å². The predicted octanol–water partition coefficient (Wildman–Crippen LogP) is 1.77. The Morgan fingerprint density at radius 3 is 2.53 bits per heavy atom. The van der Waals surface area contributed by atoms with Crippen molar-refractivity contribution < 1.29 is 9.90 Å². The molecule has 0 fully saturated rings. The molecule has 0 saturated heterocycles. The van der Waals surface area contributed by atoms with E-state index in [1.165, 1.54) is 11.1 Å². The van der Waals surface area contributed by atoms with Crippen molar-refractivity contribution in [1.29, 1.82) is 0 Å². The van der Waals surface area contributed by atoms with Crippen molar-refractivity contribution in [3.63, 3.8) is 0 Å². The third-order valence-electron chi connectivity index (χ3n) is 2.83. The van der Waals surface area contributed by atoms with Gasteiger partial charge in [0.2, 0.25) is 5.91 Å². The van der Waals surface area contributed by atoms with Gasteiger partial charge in [-0.2, -0.15) is 0 Å². The second kappa shape index (κ2) is 7.07. The molecule has 0 aliphatic heterocycles. The second-order valence-corrected chi connectivity index (χ2v) is 4.38. The highest BCUT2D eigenvalue weighted by Crippen LogP contribution is 2.06. The number of benzene rings is 1. The summed E-state index contributed by atoms with van der Waals surface area (Å²) >= 11 is 0. The summed E-state index contributed by atoms with van der Waals surface area (Å²) in [7, 11) is 1.78. The summed E-state index contributed by atoms with van der Waals surface area (Å²) in [6.07, 6.45) is 1.96. The summed E-state index contributed by atoms with van der Waals surface area (Å²) in [5.74, 6) is 0.138. The van der Waals surface area contributed by atoms with Crippen LogP contribution in [0, 0.1) is 6.92 Å². The Labute approximate surface area is 103 Å². The van der Waals surface area contributed by atoms with E-state index in [0.29, 0.717) is 19.4 Å². The smallest absolute Gasteiger partial charge is 0.222 e. The van der Waals surface area contributed by atoms with E-state index in [4.69, 9.17) is 5.11 Å². The van der Waals surface area contributed by atoms with Crippen molar-refractivity contribution in [2.45, 2.75) is 26.2 Å². The number of hydrogen-bond acceptors (Lipinski definition) is 2. The number of nitrogens with zero attached hydrogens (tertiary/aromatic N) is 1. The molecule has 0 unspecified atom stereocenters. The molecule has 1 rings (SSSR count). The molecule has 0 spiro atoms. The van der Waals surface area contributed by atoms with Crippen molar-refractivity contribution in [1.82, 2.24) is 4.90 Å². The monoisotopic (exact) mass is 235 g/mol. The van der Waals surface area contributed by atoms with Gasteiger partial charge in [0, 0.05) is 26.6 Å². The number of hydrogen-bond donors (Lipinski definition) is 1. The lowest BCUT2D eigenvalue weighted by Crippen LogP contribution is -2.28. The van der Waals surface area contributed by atoms with Crippen LogP contribution in [-0.4, -0.2) is 36.1 Å². The van der Waals surface area contributed by atoms with Gasteiger partial charge in [-0.25, -0.2) is 0 Å². The van der Waals surface area contributed by atoms with Gasteiger partial charge in [-0.3, -0.25) is 4.79 Å². The van der Waals surface area contributed by atoms with Crippen LogP contribution >= 0.6 is 0 Å². The molecule has 0 radical (unpaired) electrons. The second-order valence-electron chi connectivity index (χ2n) is 4.38. The van der Waals surface area contributed by atoms with E-state index in [-0.39, 0.29) is 12.5 Å². The molecule has 3 nitrogen and oxygen atoms in total. The first kappa shape index (κ1) is 13.7. The van der Waals surface area contributed by atoms with Crippen molar-refractivity contribution in [3.8, 4) is 0 Å². The van der Waals surface area contributed by atoms with Crippen LogP contribution in [0.4, 0.5) is 0 Å². The summed E-state index contributed by atoms with van der Waals surface area (Å²) in [6, 6.07) is 8.26. The highest BCUT2D eigenvalue weighted by molar-refractivity contribution is 5.76. The fraction of sp³-hybridized carbons (Fsp3) is 0.500. The maximum atomic E-state index is 11.7. The van der Waals surface area contributed by atoms with Crippen LogP contribution in [0.15, 0.2) is 24.3 Å². The third-order valence-corrected chi connectivity index (χ3v) is 2.83. The van der Waals surface area contributed by atoms with Gasteiger partial charge >= 0.3 is 0 Å². The molecule has 0 atom stereocenters. The molecular formula is C14H21NO2. The molecule has 1 aromatic rings. The minimum atomic E-state index is 0.135. The van der Waals surface area contributed by atoms with Crippen LogP contribution in [-0.2, 0) is 11.2 Å². The Morgan fingerprint density at radius 1 is 1.29 bits per heavy atom. The fourth-order valence-corrected chi connectivity index (χ4v) is 1.63. The van der Waals surface area contributed by atoms with E-state index in [2.05, 4.69) is 31.2 Å². The summed E-state index contributed by atoms with van der Waals surface area (Å²) in [5.41, 5.74) is 2.43. The number of carbonyl (C=O) groups excluding carboxylic acids is 1. The Kier molecular flexibility index (Phi) is 5.70. The molecular weight excluding hydrogens is 214 g/mol. The zero-order chi connectivity index (χ0) is 12.7. The van der Waals surface area contributed by atoms with Gasteiger partial charge in [0.1, 0.15) is 0 Å². The number of aryl methyl sites for hydroxylation is 2. The van der Waals surface area contributed by atoms with Crippen molar-refractivity contribution in [2.24, 2.45) is 0 Å². The molecule has 17 heavy (non-hydrogen) atoms. The van der Waals surface area contributed by atoms with Gasteiger partial charge in [0.15, 0.2) is 0 Å². The van der Waals surface area contributed by atoms with Gasteiger partial charge in [-0.05, 0) is 25.3 Å². The molecule has 0 aliphatic rings. The molecule has 94 valence electrons. The molecule has 0 aromatic heterocycles. The summed E-state index contributed by atoms with van der Waals surface area (Å²) in [5, 5.41) is 8.69. The molecule has 1 N–H and O–H groups in total. The quantitative estimate of drug-likeness (QED) is 0.816. The van der Waals surface area contributed by atoms with Crippen LogP contribution in [0.3, 0.4) is 0 Å². The number of carbonyl (C=O) groups is 1. The first-order valence-corrected chi connectivity index (χ1v) is 6.04. The zero-order valence-electron chi connectivity index (χ0n) is 10.6. The average Bonchev–Trinajstić information content (AvgIpc) is 2.34. The van der Waals surface area contributed by atoms with E-state index >= 15 is 0 Å². The maximum Gasteiger partial charge on any atom is 0.222 e. The highest BCUT2D eigenvalue weighted by Gasteiger charge is 2.07. The number of amides is 1. The molecule has 0 heterocycles. The van der Waals surface area contributed by atoms with E-state index in [0.717, 1.165) is 6.42 Å². The number of aliphatic hydroxyl groups excluding tert-OH is 1. The first-order chi connectivity index (χ1) is 8.13. The van der Waals surface area contributed by atoms with Crippen molar-refractivity contribution >= 4 is 5.91 Å². The minimum absolute atomic E-state index is 0.135. The molecule has 0 aliphatic carbocycles. The lowest BCUT2D eigenvalue weighted by Gasteiger charge is -2.16. The van der Waals surface area contributed by atoms with Crippen LogP contribution in [0.5, 0.6) is 0 Å². The Morgan fingerprint density at radius 2 is 1.94 bits per heavy atom. The topological polar surface area (TPSA) is 40.5 Å². The highest BCUT2D eigenvalue weighted by atomic mass is 16.3. The van der Waals surface area contributed by atoms with Crippen LogP contribution in [0.2, 0.25) is 0 Å². The summed E-state index contributed by atoms with van der Waals surface area (Å²) in [4.78, 5) is 13.4. The minimum Gasteiger partial charge on any atom is -0.396 e. The normalized spacial score (nSPS) is 10.3. The van der Waals surface area contributed by atoms with Gasteiger partial charge in [0.05, 0.1) is 0 Å². The van der Waals surface area contributed by atoms with Crippen LogP contribution in [0.1, 0.15) is 24.0 Å². The lowest BCUT2D eigenvalue weighted by atomic mass is 10.1. The van der Waals surface area contributed by atoms with Crippen molar-refractivity contribution in [3.05, 3.63) is 35.4 Å².